The van der Waals surface area contributed by atoms with Crippen molar-refractivity contribution in [3.8, 4) is 0 Å². The van der Waals surface area contributed by atoms with Gasteiger partial charge >= 0.3 is 0 Å². The summed E-state index contributed by atoms with van der Waals surface area (Å²) in [4.78, 5) is 0. The highest BCUT2D eigenvalue weighted by Gasteiger charge is 1.94. The van der Waals surface area contributed by atoms with Gasteiger partial charge in [-0.05, 0) is 12.8 Å². The molecule has 0 aliphatic carbocycles. The van der Waals surface area contributed by atoms with Crippen LogP contribution in [0, 0.1) is 0 Å². The third-order valence-corrected chi connectivity index (χ3v) is 1.69. The molecule has 5 nitrogen and oxygen atoms in total. The van der Waals surface area contributed by atoms with E-state index in [1.807, 2.05) is 0 Å². The molecule has 0 unspecified atom stereocenters. The van der Waals surface area contributed by atoms with Gasteiger partial charge in [0.25, 0.3) is 0 Å². The summed E-state index contributed by atoms with van der Waals surface area (Å²) in [5.74, 6) is 0. The van der Waals surface area contributed by atoms with E-state index in [0.29, 0.717) is 39.5 Å². The summed E-state index contributed by atoms with van der Waals surface area (Å²) in [6, 6.07) is 0. The Labute approximate surface area is 92.0 Å². The standard InChI is InChI=1S/C10H24N2O3/c1-2-4-13-6-8-15-9-7-14-5-3-10(11)12/h10H,2-9,11-12H2,1H3. The van der Waals surface area contributed by atoms with Crippen LogP contribution in [-0.2, 0) is 14.2 Å². The zero-order valence-electron chi connectivity index (χ0n) is 9.61. The first-order valence-corrected chi connectivity index (χ1v) is 5.51. The first-order chi connectivity index (χ1) is 7.27. The minimum atomic E-state index is -0.284. The maximum atomic E-state index is 5.35. The second-order valence-electron chi connectivity index (χ2n) is 3.29. The van der Waals surface area contributed by atoms with Crippen molar-refractivity contribution < 1.29 is 14.2 Å². The second-order valence-corrected chi connectivity index (χ2v) is 3.29. The zero-order valence-corrected chi connectivity index (χ0v) is 9.61. The molecular weight excluding hydrogens is 196 g/mol. The maximum Gasteiger partial charge on any atom is 0.0701 e. The summed E-state index contributed by atoms with van der Waals surface area (Å²) in [6.07, 6.45) is 1.44. The zero-order chi connectivity index (χ0) is 11.4. The van der Waals surface area contributed by atoms with Crippen molar-refractivity contribution in [2.24, 2.45) is 11.5 Å². The lowest BCUT2D eigenvalue weighted by molar-refractivity contribution is 0.0136. The fourth-order valence-corrected chi connectivity index (χ4v) is 0.906. The van der Waals surface area contributed by atoms with Gasteiger partial charge in [0.1, 0.15) is 0 Å². The van der Waals surface area contributed by atoms with Gasteiger partial charge in [-0.1, -0.05) is 6.92 Å². The van der Waals surface area contributed by atoms with Crippen molar-refractivity contribution in [1.82, 2.24) is 0 Å². The second kappa shape index (κ2) is 11.9. The molecule has 0 saturated carbocycles. The number of hydrogen-bond donors (Lipinski definition) is 2. The Hall–Kier alpha value is -0.200. The Morgan fingerprint density at radius 2 is 1.27 bits per heavy atom. The van der Waals surface area contributed by atoms with Crippen LogP contribution in [0.15, 0.2) is 0 Å². The molecule has 0 fully saturated rings. The smallest absolute Gasteiger partial charge is 0.0701 e. The predicted octanol–water partition coefficient (Wildman–Crippen LogP) is 0.0798. The Morgan fingerprint density at radius 1 is 0.800 bits per heavy atom. The van der Waals surface area contributed by atoms with E-state index >= 15 is 0 Å². The van der Waals surface area contributed by atoms with Gasteiger partial charge in [-0.25, -0.2) is 0 Å². The van der Waals surface area contributed by atoms with Crippen LogP contribution in [-0.4, -0.2) is 45.8 Å². The quantitative estimate of drug-likeness (QED) is 0.381. The van der Waals surface area contributed by atoms with Crippen molar-refractivity contribution in [2.75, 3.05) is 39.6 Å². The lowest BCUT2D eigenvalue weighted by Gasteiger charge is -2.07. The monoisotopic (exact) mass is 220 g/mol. The van der Waals surface area contributed by atoms with E-state index in [4.69, 9.17) is 25.7 Å². The molecule has 0 aliphatic rings. The normalized spacial score (nSPS) is 11.2. The van der Waals surface area contributed by atoms with Crippen molar-refractivity contribution in [2.45, 2.75) is 25.9 Å². The highest BCUT2D eigenvalue weighted by Crippen LogP contribution is 1.85. The molecule has 0 radical (unpaired) electrons. The minimum Gasteiger partial charge on any atom is -0.379 e. The molecule has 0 atom stereocenters. The van der Waals surface area contributed by atoms with Crippen LogP contribution in [0.2, 0.25) is 0 Å². The van der Waals surface area contributed by atoms with Gasteiger partial charge in [0.05, 0.1) is 32.6 Å². The van der Waals surface area contributed by atoms with Crippen molar-refractivity contribution >= 4 is 0 Å². The summed E-state index contributed by atoms with van der Waals surface area (Å²) in [7, 11) is 0. The van der Waals surface area contributed by atoms with E-state index in [1.165, 1.54) is 0 Å². The summed E-state index contributed by atoms with van der Waals surface area (Å²) in [6.45, 7) is 5.93. The topological polar surface area (TPSA) is 79.7 Å². The molecule has 0 spiro atoms. The first-order valence-electron chi connectivity index (χ1n) is 5.51. The maximum absolute atomic E-state index is 5.35. The average molecular weight is 220 g/mol. The van der Waals surface area contributed by atoms with E-state index in [2.05, 4.69) is 6.92 Å². The van der Waals surface area contributed by atoms with Gasteiger partial charge in [-0.2, -0.15) is 0 Å². The van der Waals surface area contributed by atoms with Crippen LogP contribution < -0.4 is 11.5 Å². The molecule has 15 heavy (non-hydrogen) atoms. The van der Waals surface area contributed by atoms with Gasteiger partial charge < -0.3 is 25.7 Å². The van der Waals surface area contributed by atoms with E-state index in [0.717, 1.165) is 13.0 Å². The highest BCUT2D eigenvalue weighted by molar-refractivity contribution is 4.48. The van der Waals surface area contributed by atoms with Crippen molar-refractivity contribution in [3.63, 3.8) is 0 Å². The van der Waals surface area contributed by atoms with E-state index in [1.54, 1.807) is 0 Å². The molecule has 0 aromatic rings. The Morgan fingerprint density at radius 3 is 1.73 bits per heavy atom. The van der Waals surface area contributed by atoms with Crippen LogP contribution in [0.5, 0.6) is 0 Å². The van der Waals surface area contributed by atoms with Crippen LogP contribution in [0.25, 0.3) is 0 Å². The Kier molecular flexibility index (Phi) is 11.7. The summed E-state index contributed by atoms with van der Waals surface area (Å²) < 4.78 is 15.8. The third-order valence-electron chi connectivity index (χ3n) is 1.69. The van der Waals surface area contributed by atoms with Crippen LogP contribution in [0.4, 0.5) is 0 Å². The molecule has 0 aromatic heterocycles. The molecule has 0 heterocycles. The van der Waals surface area contributed by atoms with Gasteiger partial charge in [0, 0.05) is 13.2 Å². The Bertz CT molecular complexity index is 123. The lowest BCUT2D eigenvalue weighted by Crippen LogP contribution is -2.31. The summed E-state index contributed by atoms with van der Waals surface area (Å²) in [5.41, 5.74) is 10.7. The fourth-order valence-electron chi connectivity index (χ4n) is 0.906. The van der Waals surface area contributed by atoms with Crippen molar-refractivity contribution in [1.29, 1.82) is 0 Å². The molecule has 0 aromatic carbocycles. The molecule has 0 rings (SSSR count). The fraction of sp³-hybridized carbons (Fsp3) is 1.00. The SMILES string of the molecule is CCCOCCOCCOCCC(N)N. The van der Waals surface area contributed by atoms with E-state index < -0.39 is 0 Å². The van der Waals surface area contributed by atoms with Gasteiger partial charge in [-0.3, -0.25) is 0 Å². The lowest BCUT2D eigenvalue weighted by atomic mass is 10.4. The highest BCUT2D eigenvalue weighted by atomic mass is 16.5. The number of nitrogens with two attached hydrogens (primary N) is 2. The Balaban J connectivity index is 2.87. The minimum absolute atomic E-state index is 0.284. The number of hydrogen-bond acceptors (Lipinski definition) is 5. The van der Waals surface area contributed by atoms with Gasteiger partial charge in [0.15, 0.2) is 0 Å². The average Bonchev–Trinajstić information content (AvgIpc) is 2.20. The third kappa shape index (κ3) is 13.8. The van der Waals surface area contributed by atoms with Crippen molar-refractivity contribution in [3.05, 3.63) is 0 Å². The summed E-state index contributed by atoms with van der Waals surface area (Å²) in [5, 5.41) is 0. The molecule has 0 amide bonds. The molecule has 0 bridgehead atoms. The first kappa shape index (κ1) is 14.8. The summed E-state index contributed by atoms with van der Waals surface area (Å²) >= 11 is 0. The van der Waals surface area contributed by atoms with Crippen LogP contribution in [0.3, 0.4) is 0 Å². The number of ether oxygens (including phenoxy) is 3. The van der Waals surface area contributed by atoms with Gasteiger partial charge in [0.2, 0.25) is 0 Å². The molecule has 5 heteroatoms. The molecule has 4 N–H and O–H groups in total. The molecule has 92 valence electrons. The van der Waals surface area contributed by atoms with E-state index in [9.17, 15) is 0 Å². The molecular formula is C10H24N2O3. The largest absolute Gasteiger partial charge is 0.379 e. The van der Waals surface area contributed by atoms with Crippen LogP contribution in [0.1, 0.15) is 19.8 Å². The number of rotatable bonds is 11. The predicted molar refractivity (Wildman–Crippen MR) is 59.5 cm³/mol. The molecule has 0 saturated heterocycles. The van der Waals surface area contributed by atoms with Gasteiger partial charge in [-0.15, -0.1) is 0 Å². The van der Waals surface area contributed by atoms with E-state index in [-0.39, 0.29) is 6.17 Å². The van der Waals surface area contributed by atoms with Crippen LogP contribution >= 0.6 is 0 Å². The molecule has 0 aliphatic heterocycles.